The van der Waals surface area contributed by atoms with Gasteiger partial charge in [-0.15, -0.1) is 0 Å². The number of rotatable bonds is 5. The van der Waals surface area contributed by atoms with Crippen molar-refractivity contribution in [2.45, 2.75) is 45.1 Å². The first kappa shape index (κ1) is 10.9. The van der Waals surface area contributed by atoms with E-state index in [9.17, 15) is 4.79 Å². The normalized spacial score (nSPS) is 30.5. The van der Waals surface area contributed by atoms with E-state index in [4.69, 9.17) is 0 Å². The van der Waals surface area contributed by atoms with Crippen LogP contribution in [-0.4, -0.2) is 25.0 Å². The van der Waals surface area contributed by atoms with Crippen molar-refractivity contribution in [1.29, 1.82) is 0 Å². The lowest BCUT2D eigenvalue weighted by Crippen LogP contribution is -2.37. The van der Waals surface area contributed by atoms with Gasteiger partial charge in [0, 0.05) is 12.6 Å². The minimum absolute atomic E-state index is 0.168. The van der Waals surface area contributed by atoms with Crippen molar-refractivity contribution in [3.8, 4) is 0 Å². The van der Waals surface area contributed by atoms with E-state index in [0.29, 0.717) is 12.6 Å². The number of carbonyl (C=O) groups is 1. The molecule has 2 rings (SSSR count). The van der Waals surface area contributed by atoms with E-state index in [0.717, 1.165) is 18.4 Å². The fourth-order valence-electron chi connectivity index (χ4n) is 2.36. The Morgan fingerprint density at radius 3 is 2.67 bits per heavy atom. The Kier molecular flexibility index (Phi) is 3.62. The summed E-state index contributed by atoms with van der Waals surface area (Å²) >= 11 is 0. The third-order valence-corrected chi connectivity index (χ3v) is 3.73. The lowest BCUT2D eigenvalue weighted by atomic mass is 9.98. The van der Waals surface area contributed by atoms with E-state index in [1.165, 1.54) is 32.1 Å². The van der Waals surface area contributed by atoms with Gasteiger partial charge in [0.2, 0.25) is 5.91 Å². The van der Waals surface area contributed by atoms with Crippen LogP contribution in [0.25, 0.3) is 0 Å². The van der Waals surface area contributed by atoms with Crippen LogP contribution in [0.2, 0.25) is 0 Å². The first-order chi connectivity index (χ1) is 7.25. The Labute approximate surface area is 92.0 Å². The monoisotopic (exact) mass is 210 g/mol. The van der Waals surface area contributed by atoms with Crippen molar-refractivity contribution in [3.05, 3.63) is 0 Å². The lowest BCUT2D eigenvalue weighted by molar-refractivity contribution is -0.120. The van der Waals surface area contributed by atoms with Crippen molar-refractivity contribution in [2.24, 2.45) is 11.8 Å². The number of nitrogens with one attached hydrogen (secondary N) is 2. The Hall–Kier alpha value is -0.570. The van der Waals surface area contributed by atoms with Gasteiger partial charge >= 0.3 is 0 Å². The number of hydrogen-bond acceptors (Lipinski definition) is 2. The Morgan fingerprint density at radius 2 is 2.07 bits per heavy atom. The zero-order valence-corrected chi connectivity index (χ0v) is 9.59. The molecule has 1 amide bonds. The molecule has 3 heteroatoms. The average molecular weight is 210 g/mol. The summed E-state index contributed by atoms with van der Waals surface area (Å²) in [4.78, 5) is 11.5. The van der Waals surface area contributed by atoms with Crippen LogP contribution in [0.4, 0.5) is 0 Å². The van der Waals surface area contributed by atoms with Crippen LogP contribution < -0.4 is 10.6 Å². The lowest BCUT2D eigenvalue weighted by Gasteiger charge is -2.15. The molecule has 2 fully saturated rings. The minimum Gasteiger partial charge on any atom is -0.355 e. The topological polar surface area (TPSA) is 41.1 Å². The highest BCUT2D eigenvalue weighted by molar-refractivity contribution is 5.78. The maximum Gasteiger partial charge on any atom is 0.233 e. The molecular formula is C12H22N2O. The van der Waals surface area contributed by atoms with Gasteiger partial charge in [0.1, 0.15) is 0 Å². The maximum atomic E-state index is 11.5. The molecule has 86 valence electrons. The molecule has 2 atom stereocenters. The van der Waals surface area contributed by atoms with E-state index >= 15 is 0 Å². The molecule has 15 heavy (non-hydrogen) atoms. The molecule has 3 nitrogen and oxygen atoms in total. The van der Waals surface area contributed by atoms with Crippen LogP contribution in [0.15, 0.2) is 0 Å². The predicted molar refractivity (Wildman–Crippen MR) is 60.5 cm³/mol. The van der Waals surface area contributed by atoms with Crippen LogP contribution in [0, 0.1) is 11.8 Å². The summed E-state index contributed by atoms with van der Waals surface area (Å²) < 4.78 is 0. The highest BCUT2D eigenvalue weighted by Gasteiger charge is 2.24. The van der Waals surface area contributed by atoms with E-state index in [1.807, 2.05) is 0 Å². The molecule has 2 aliphatic rings. The van der Waals surface area contributed by atoms with Gasteiger partial charge in [-0.25, -0.2) is 0 Å². The largest absolute Gasteiger partial charge is 0.355 e. The van der Waals surface area contributed by atoms with E-state index in [1.54, 1.807) is 0 Å². The molecule has 0 bridgehead atoms. The summed E-state index contributed by atoms with van der Waals surface area (Å²) in [6, 6.07) is 0.626. The molecule has 0 radical (unpaired) electrons. The maximum absolute atomic E-state index is 11.5. The highest BCUT2D eigenvalue weighted by atomic mass is 16.1. The van der Waals surface area contributed by atoms with Crippen LogP contribution in [0.5, 0.6) is 0 Å². The van der Waals surface area contributed by atoms with Gasteiger partial charge in [-0.1, -0.05) is 19.8 Å². The molecule has 0 saturated heterocycles. The van der Waals surface area contributed by atoms with Gasteiger partial charge in [0.25, 0.3) is 0 Å². The van der Waals surface area contributed by atoms with Crippen molar-refractivity contribution < 1.29 is 4.79 Å². The van der Waals surface area contributed by atoms with Crippen LogP contribution >= 0.6 is 0 Å². The first-order valence-electron chi connectivity index (χ1n) is 6.26. The van der Waals surface area contributed by atoms with Crippen molar-refractivity contribution in [1.82, 2.24) is 10.6 Å². The van der Waals surface area contributed by atoms with Crippen LogP contribution in [-0.2, 0) is 4.79 Å². The number of amides is 1. The Balaban J connectivity index is 1.57. The minimum atomic E-state index is 0.168. The second-order valence-corrected chi connectivity index (χ2v) is 5.13. The Morgan fingerprint density at radius 1 is 1.27 bits per heavy atom. The van der Waals surface area contributed by atoms with Gasteiger partial charge in [0.05, 0.1) is 6.54 Å². The quantitative estimate of drug-likeness (QED) is 0.718. The predicted octanol–water partition coefficient (Wildman–Crippen LogP) is 1.29. The third kappa shape index (κ3) is 3.49. The first-order valence-corrected chi connectivity index (χ1v) is 6.26. The average Bonchev–Trinajstić information content (AvgIpc) is 2.96. The molecule has 0 spiro atoms. The van der Waals surface area contributed by atoms with Gasteiger partial charge in [-0.2, -0.15) is 0 Å². The zero-order chi connectivity index (χ0) is 10.7. The van der Waals surface area contributed by atoms with Crippen molar-refractivity contribution >= 4 is 5.91 Å². The van der Waals surface area contributed by atoms with Gasteiger partial charge in [-0.3, -0.25) is 4.79 Å². The van der Waals surface area contributed by atoms with Crippen LogP contribution in [0.1, 0.15) is 39.0 Å². The summed E-state index contributed by atoms with van der Waals surface area (Å²) in [6.07, 6.45) is 6.44. The molecule has 0 heterocycles. The summed E-state index contributed by atoms with van der Waals surface area (Å²) in [6.45, 7) is 3.68. The summed E-state index contributed by atoms with van der Waals surface area (Å²) in [7, 11) is 0. The SMILES string of the molecule is CC1CCCC1CNC(=O)CNC1CC1. The molecule has 0 aromatic heterocycles. The molecular weight excluding hydrogens is 188 g/mol. The third-order valence-electron chi connectivity index (χ3n) is 3.73. The standard InChI is InChI=1S/C12H22N2O/c1-9-3-2-4-10(9)7-14-12(15)8-13-11-5-6-11/h9-11,13H,2-8H2,1H3,(H,14,15). The molecule has 2 unspecified atom stereocenters. The second-order valence-electron chi connectivity index (χ2n) is 5.13. The fraction of sp³-hybridized carbons (Fsp3) is 0.917. The number of carbonyl (C=O) groups excluding carboxylic acids is 1. The van der Waals surface area contributed by atoms with Gasteiger partial charge < -0.3 is 10.6 Å². The molecule has 0 aromatic carbocycles. The second kappa shape index (κ2) is 4.97. The highest BCUT2D eigenvalue weighted by Crippen LogP contribution is 2.30. The van der Waals surface area contributed by atoms with Gasteiger partial charge in [-0.05, 0) is 31.1 Å². The molecule has 0 aromatic rings. The zero-order valence-electron chi connectivity index (χ0n) is 9.59. The molecule has 0 aliphatic heterocycles. The summed E-state index contributed by atoms with van der Waals surface area (Å²) in [5.74, 6) is 1.68. The molecule has 2 N–H and O–H groups in total. The number of hydrogen-bond donors (Lipinski definition) is 2. The van der Waals surface area contributed by atoms with Crippen molar-refractivity contribution in [2.75, 3.05) is 13.1 Å². The smallest absolute Gasteiger partial charge is 0.233 e. The molecule has 2 aliphatic carbocycles. The fourth-order valence-corrected chi connectivity index (χ4v) is 2.36. The summed E-state index contributed by atoms with van der Waals surface area (Å²) in [5, 5.41) is 6.27. The van der Waals surface area contributed by atoms with E-state index in [2.05, 4.69) is 17.6 Å². The summed E-state index contributed by atoms with van der Waals surface area (Å²) in [5.41, 5.74) is 0. The van der Waals surface area contributed by atoms with E-state index in [-0.39, 0.29) is 5.91 Å². The van der Waals surface area contributed by atoms with Gasteiger partial charge in [0.15, 0.2) is 0 Å². The van der Waals surface area contributed by atoms with E-state index < -0.39 is 0 Å². The van der Waals surface area contributed by atoms with Crippen LogP contribution in [0.3, 0.4) is 0 Å². The Bertz CT molecular complexity index is 226. The molecule has 2 saturated carbocycles. The van der Waals surface area contributed by atoms with Crippen molar-refractivity contribution in [3.63, 3.8) is 0 Å².